The molecule has 3 aromatic heterocycles. The van der Waals surface area contributed by atoms with Gasteiger partial charge in [-0.3, -0.25) is 0 Å². The largest absolute Gasteiger partial charge is 0.309 e. The normalized spacial score (nSPS) is 14.6. The van der Waals surface area contributed by atoms with Gasteiger partial charge in [-0.1, -0.05) is 189 Å². The minimum Gasteiger partial charge on any atom is -0.309 e. The zero-order valence-corrected chi connectivity index (χ0v) is 40.9. The Balaban J connectivity index is 1.11. The summed E-state index contributed by atoms with van der Waals surface area (Å²) in [7, 11) is 0. The fourth-order valence-electron chi connectivity index (χ4n) is 11.2. The molecule has 352 valence electrons. The lowest BCUT2D eigenvalue weighted by molar-refractivity contribution is 0.764. The molecule has 0 saturated carbocycles. The summed E-state index contributed by atoms with van der Waals surface area (Å²) in [4.78, 5) is 16.3. The van der Waals surface area contributed by atoms with E-state index in [1.54, 1.807) is 0 Å². The molecule has 0 radical (unpaired) electrons. The van der Waals surface area contributed by atoms with Crippen molar-refractivity contribution in [3.63, 3.8) is 0 Å². The Morgan fingerprint density at radius 3 is 1.69 bits per heavy atom. The molecule has 0 saturated heterocycles. The lowest BCUT2D eigenvalue weighted by Crippen LogP contribution is -2.09. The summed E-state index contributed by atoms with van der Waals surface area (Å²) in [5, 5.41) is 4.86. The predicted molar refractivity (Wildman–Crippen MR) is 311 cm³/mol. The highest BCUT2D eigenvalue weighted by molar-refractivity contribution is 6.29. The van der Waals surface area contributed by atoms with Gasteiger partial charge in [-0.25, -0.2) is 15.0 Å². The van der Waals surface area contributed by atoms with Crippen molar-refractivity contribution in [3.8, 4) is 56.4 Å². The third kappa shape index (κ3) is 7.78. The van der Waals surface area contributed by atoms with Crippen LogP contribution in [0.3, 0.4) is 0 Å². The SMILES string of the molecule is C=C/C=C(\C=C)c1cc(C2=CC=CCC2)cc(-c2nc(-c3cc(-c4ccccc4)c(-n4c5ccccc5c5c6c7ccccc7n(-c7ccccc7)c6ccc54)c(-c4ccccc4)c3)nc(C3C=CC=CC3)n2)c1. The predicted octanol–water partition coefficient (Wildman–Crippen LogP) is 17.8. The topological polar surface area (TPSA) is 48.5 Å². The molecule has 0 N–H and O–H groups in total. The van der Waals surface area contributed by atoms with Crippen LogP contribution in [0.15, 0.2) is 256 Å². The minimum atomic E-state index is -0.0255. The van der Waals surface area contributed by atoms with Crippen molar-refractivity contribution in [2.24, 2.45) is 0 Å². The number of allylic oxidation sites excluding steroid dienone is 12. The Morgan fingerprint density at radius 1 is 0.514 bits per heavy atom. The third-order valence-electron chi connectivity index (χ3n) is 14.6. The van der Waals surface area contributed by atoms with Crippen LogP contribution in [0.2, 0.25) is 0 Å². The molecule has 0 fully saturated rings. The van der Waals surface area contributed by atoms with Crippen LogP contribution in [-0.2, 0) is 0 Å². The van der Waals surface area contributed by atoms with Gasteiger partial charge in [0.05, 0.1) is 27.8 Å². The first-order chi connectivity index (χ1) is 36.6. The van der Waals surface area contributed by atoms with Crippen LogP contribution in [0, 0.1) is 0 Å². The summed E-state index contributed by atoms with van der Waals surface area (Å²) in [6, 6.07) is 65.9. The van der Waals surface area contributed by atoms with E-state index >= 15 is 0 Å². The van der Waals surface area contributed by atoms with Gasteiger partial charge in [0.2, 0.25) is 0 Å². The summed E-state index contributed by atoms with van der Waals surface area (Å²) in [5.41, 5.74) is 17.3. The first-order valence-electron chi connectivity index (χ1n) is 25.5. The minimum absolute atomic E-state index is 0.0255. The van der Waals surface area contributed by atoms with Crippen molar-refractivity contribution in [3.05, 3.63) is 273 Å². The lowest BCUT2D eigenvalue weighted by Gasteiger charge is -2.21. The monoisotopic (exact) mass is 949 g/mol. The fraction of sp³-hybridized carbons (Fsp3) is 0.0580. The molecule has 74 heavy (non-hydrogen) atoms. The maximum Gasteiger partial charge on any atom is 0.163 e. The Bertz CT molecular complexity index is 4120. The Morgan fingerprint density at radius 2 is 1.09 bits per heavy atom. The van der Waals surface area contributed by atoms with Crippen LogP contribution in [0.4, 0.5) is 0 Å². The van der Waals surface area contributed by atoms with E-state index in [1.807, 2.05) is 18.2 Å². The highest BCUT2D eigenvalue weighted by Crippen LogP contribution is 2.47. The van der Waals surface area contributed by atoms with Gasteiger partial charge in [-0.05, 0) is 119 Å². The standard InChI is InChI=1S/C69H51N5/c1-3-24-46(4-2)51-41-52(47-25-10-5-11-26-47)43-53(42-51)68-70-67(50-31-16-8-17-32-50)71-69(72-68)54-44-58(48-27-12-6-13-28-48)66(59(45-54)49-29-14-7-15-30-49)74-61-38-23-21-36-57(61)65-63(74)40-39-62-64(65)56-35-20-22-37-60(56)73(62)55-33-18-9-19-34-55/h3-10,12-25,27-31,33-45,50H,1-2,11,26,32H2/b46-24+. The number of hydrogen-bond donors (Lipinski definition) is 0. The molecular weight excluding hydrogens is 899 g/mol. The van der Waals surface area contributed by atoms with Crippen molar-refractivity contribution in [2.75, 3.05) is 0 Å². The summed E-state index contributed by atoms with van der Waals surface area (Å²) in [6.07, 6.45) is 23.7. The van der Waals surface area contributed by atoms with Gasteiger partial charge in [-0.2, -0.15) is 0 Å². The van der Waals surface area contributed by atoms with Crippen molar-refractivity contribution < 1.29 is 0 Å². The molecule has 0 aliphatic heterocycles. The van der Waals surface area contributed by atoms with Gasteiger partial charge in [0.1, 0.15) is 5.82 Å². The second-order valence-corrected chi connectivity index (χ2v) is 19.1. The first-order valence-corrected chi connectivity index (χ1v) is 25.5. The molecule has 0 bridgehead atoms. The van der Waals surface area contributed by atoms with Crippen molar-refractivity contribution in [1.82, 2.24) is 24.1 Å². The van der Waals surface area contributed by atoms with E-state index < -0.39 is 0 Å². The zero-order valence-electron chi connectivity index (χ0n) is 40.9. The Labute approximate surface area is 431 Å². The number of rotatable bonds is 11. The van der Waals surface area contributed by atoms with E-state index in [9.17, 15) is 0 Å². The number of benzene rings is 8. The van der Waals surface area contributed by atoms with Crippen LogP contribution in [0.1, 0.15) is 42.1 Å². The molecule has 8 aromatic carbocycles. The van der Waals surface area contributed by atoms with Crippen molar-refractivity contribution in [2.45, 2.75) is 25.2 Å². The molecule has 1 atom stereocenters. The second kappa shape index (κ2) is 18.9. The molecule has 2 aliphatic rings. The molecular formula is C69H51N5. The van der Waals surface area contributed by atoms with Crippen molar-refractivity contribution in [1.29, 1.82) is 0 Å². The Hall–Kier alpha value is -9.45. The fourth-order valence-corrected chi connectivity index (χ4v) is 11.2. The Kier molecular flexibility index (Phi) is 11.4. The number of hydrogen-bond acceptors (Lipinski definition) is 3. The molecule has 11 aromatic rings. The number of nitrogens with zero attached hydrogens (tertiary/aromatic N) is 5. The van der Waals surface area contributed by atoms with Gasteiger partial charge in [-0.15, -0.1) is 0 Å². The van der Waals surface area contributed by atoms with Crippen molar-refractivity contribution >= 4 is 54.8 Å². The van der Waals surface area contributed by atoms with E-state index in [4.69, 9.17) is 15.0 Å². The number of aromatic nitrogens is 5. The lowest BCUT2D eigenvalue weighted by atomic mass is 9.91. The molecule has 5 nitrogen and oxygen atoms in total. The number of fused-ring (bicyclic) bond motifs is 7. The maximum absolute atomic E-state index is 5.51. The van der Waals surface area contributed by atoms with E-state index in [2.05, 4.69) is 247 Å². The zero-order chi connectivity index (χ0) is 49.5. The third-order valence-corrected chi connectivity index (χ3v) is 14.6. The van der Waals surface area contributed by atoms with Crippen LogP contribution in [0.5, 0.6) is 0 Å². The van der Waals surface area contributed by atoms with Gasteiger partial charge < -0.3 is 9.13 Å². The summed E-state index contributed by atoms with van der Waals surface area (Å²) in [6.45, 7) is 8.22. The second-order valence-electron chi connectivity index (χ2n) is 19.1. The first kappa shape index (κ1) is 44.5. The van der Waals surface area contributed by atoms with Gasteiger partial charge in [0.15, 0.2) is 11.6 Å². The molecule has 0 spiro atoms. The molecule has 5 heteroatoms. The van der Waals surface area contributed by atoms with Crippen LogP contribution in [-0.4, -0.2) is 24.1 Å². The van der Waals surface area contributed by atoms with Crippen LogP contribution < -0.4 is 0 Å². The summed E-state index contributed by atoms with van der Waals surface area (Å²) >= 11 is 0. The van der Waals surface area contributed by atoms with E-state index in [-0.39, 0.29) is 5.92 Å². The quantitative estimate of drug-likeness (QED) is 0.121. The average molecular weight is 950 g/mol. The van der Waals surface area contributed by atoms with E-state index in [0.29, 0.717) is 11.6 Å². The van der Waals surface area contributed by atoms with Crippen LogP contribution >= 0.6 is 0 Å². The molecule has 0 amide bonds. The molecule has 3 heterocycles. The van der Waals surface area contributed by atoms with Crippen LogP contribution in [0.25, 0.3) is 111 Å². The molecule has 1 unspecified atom stereocenters. The average Bonchev–Trinajstić information content (AvgIpc) is 4.03. The van der Waals surface area contributed by atoms with Gasteiger partial charge in [0, 0.05) is 55.4 Å². The highest BCUT2D eigenvalue weighted by atomic mass is 15.0. The number of para-hydroxylation sites is 3. The summed E-state index contributed by atoms with van der Waals surface area (Å²) in [5.74, 6) is 1.94. The van der Waals surface area contributed by atoms with Gasteiger partial charge in [0.25, 0.3) is 0 Å². The highest BCUT2D eigenvalue weighted by Gasteiger charge is 2.26. The summed E-state index contributed by atoms with van der Waals surface area (Å²) < 4.78 is 4.91. The molecule has 2 aliphatic carbocycles. The van der Waals surface area contributed by atoms with Gasteiger partial charge >= 0.3 is 0 Å². The molecule has 13 rings (SSSR count). The van der Waals surface area contributed by atoms with E-state index in [0.717, 1.165) is 97.6 Å². The smallest absolute Gasteiger partial charge is 0.163 e. The van der Waals surface area contributed by atoms with E-state index in [1.165, 1.54) is 38.2 Å². The maximum atomic E-state index is 5.51.